The summed E-state index contributed by atoms with van der Waals surface area (Å²) in [5.41, 5.74) is 8.47. The van der Waals surface area contributed by atoms with Crippen molar-refractivity contribution in [3.05, 3.63) is 59.8 Å². The number of benzene rings is 2. The number of nitrogens with zero attached hydrogens (tertiary/aromatic N) is 1. The van der Waals surface area contributed by atoms with Crippen molar-refractivity contribution in [1.82, 2.24) is 4.57 Å². The van der Waals surface area contributed by atoms with E-state index in [0.717, 1.165) is 16.5 Å². The Morgan fingerprint density at radius 1 is 1.14 bits per heavy atom. The second-order valence-electron chi connectivity index (χ2n) is 4.78. The summed E-state index contributed by atoms with van der Waals surface area (Å²) in [4.78, 5) is 12.6. The number of carbonyl (C=O) groups is 1. The normalized spacial score (nSPS) is 10.1. The maximum atomic E-state index is 12.6. The van der Waals surface area contributed by atoms with Gasteiger partial charge in [0.05, 0.1) is 11.1 Å². The van der Waals surface area contributed by atoms with Crippen LogP contribution < -0.4 is 5.73 Å². The molecule has 114 valence electrons. The number of carbonyl (C=O) groups excluding carboxylic acids is 1. The Bertz CT molecular complexity index is 819. The van der Waals surface area contributed by atoms with Crippen LogP contribution in [0.2, 0.25) is 0 Å². The Hall–Kier alpha value is -2.75. The lowest BCUT2D eigenvalue weighted by atomic mass is 10.1. The van der Waals surface area contributed by atoms with Gasteiger partial charge in [-0.25, -0.2) is 0 Å². The SMILES string of the molecule is CC.Cc1cn(C(=O)c2ccccc2O)c2ccc(N)cc12. The zero-order chi connectivity index (χ0) is 16.3. The molecule has 3 N–H and O–H groups in total. The van der Waals surface area contributed by atoms with Crippen LogP contribution in [0.3, 0.4) is 0 Å². The van der Waals surface area contributed by atoms with Crippen LogP contribution in [-0.2, 0) is 0 Å². The second-order valence-corrected chi connectivity index (χ2v) is 4.78. The predicted molar refractivity (Wildman–Crippen MR) is 90.3 cm³/mol. The molecule has 1 heterocycles. The van der Waals surface area contributed by atoms with Gasteiger partial charge in [0.2, 0.25) is 0 Å². The first-order valence-electron chi connectivity index (χ1n) is 7.28. The molecule has 0 atom stereocenters. The predicted octanol–water partition coefficient (Wildman–Crippen LogP) is 3.95. The molecule has 4 nitrogen and oxygen atoms in total. The smallest absolute Gasteiger partial charge is 0.266 e. The first-order chi connectivity index (χ1) is 10.6. The number of anilines is 1. The molecular formula is C18H20N2O2. The molecule has 0 aliphatic rings. The molecule has 0 aliphatic heterocycles. The molecule has 0 fully saturated rings. The van der Waals surface area contributed by atoms with Gasteiger partial charge in [0.15, 0.2) is 0 Å². The maximum absolute atomic E-state index is 12.6. The lowest BCUT2D eigenvalue weighted by Crippen LogP contribution is -2.10. The van der Waals surface area contributed by atoms with E-state index in [0.29, 0.717) is 5.69 Å². The molecule has 2 aromatic carbocycles. The molecule has 0 bridgehead atoms. The van der Waals surface area contributed by atoms with Gasteiger partial charge in [0.1, 0.15) is 5.75 Å². The molecule has 0 aliphatic carbocycles. The summed E-state index contributed by atoms with van der Waals surface area (Å²) in [6.45, 7) is 5.93. The third-order valence-electron chi connectivity index (χ3n) is 3.38. The highest BCUT2D eigenvalue weighted by Crippen LogP contribution is 2.25. The van der Waals surface area contributed by atoms with Gasteiger partial charge in [-0.05, 0) is 42.8 Å². The molecule has 0 saturated carbocycles. The zero-order valence-electron chi connectivity index (χ0n) is 13.0. The van der Waals surface area contributed by atoms with Crippen LogP contribution in [-0.4, -0.2) is 15.6 Å². The Morgan fingerprint density at radius 2 is 1.82 bits per heavy atom. The number of fused-ring (bicyclic) bond motifs is 1. The third-order valence-corrected chi connectivity index (χ3v) is 3.38. The van der Waals surface area contributed by atoms with Gasteiger partial charge >= 0.3 is 0 Å². The van der Waals surface area contributed by atoms with Gasteiger partial charge in [-0.15, -0.1) is 0 Å². The molecule has 4 heteroatoms. The molecular weight excluding hydrogens is 276 g/mol. The standard InChI is InChI=1S/C16H14N2O2.C2H6/c1-10-9-18(14-7-6-11(17)8-13(10)14)16(20)12-4-2-3-5-15(12)19;1-2/h2-9,19H,17H2,1H3;1-2H3. The molecule has 22 heavy (non-hydrogen) atoms. The van der Waals surface area contributed by atoms with Crippen molar-refractivity contribution in [3.63, 3.8) is 0 Å². The van der Waals surface area contributed by atoms with Gasteiger partial charge < -0.3 is 10.8 Å². The summed E-state index contributed by atoms with van der Waals surface area (Å²) in [5.74, 6) is -0.279. The van der Waals surface area contributed by atoms with Crippen LogP contribution >= 0.6 is 0 Å². The Kier molecular flexibility index (Phi) is 4.51. The molecule has 0 unspecified atom stereocenters. The number of nitrogens with two attached hydrogens (primary N) is 1. The minimum absolute atomic E-state index is 0.0209. The Morgan fingerprint density at radius 3 is 2.50 bits per heavy atom. The van der Waals surface area contributed by atoms with E-state index in [1.54, 1.807) is 35.0 Å². The number of para-hydroxylation sites is 1. The molecule has 3 rings (SSSR count). The molecule has 1 aromatic heterocycles. The van der Waals surface area contributed by atoms with Gasteiger partial charge in [0, 0.05) is 17.3 Å². The molecule has 0 amide bonds. The van der Waals surface area contributed by atoms with Crippen molar-refractivity contribution in [3.8, 4) is 5.75 Å². The van der Waals surface area contributed by atoms with Crippen molar-refractivity contribution in [2.45, 2.75) is 20.8 Å². The van der Waals surface area contributed by atoms with E-state index in [2.05, 4.69) is 0 Å². The number of hydrogen-bond donors (Lipinski definition) is 2. The van der Waals surface area contributed by atoms with Gasteiger partial charge in [-0.3, -0.25) is 9.36 Å². The lowest BCUT2D eigenvalue weighted by molar-refractivity contribution is 0.0962. The largest absolute Gasteiger partial charge is 0.507 e. The van der Waals surface area contributed by atoms with Gasteiger partial charge in [-0.1, -0.05) is 26.0 Å². The number of aromatic nitrogens is 1. The van der Waals surface area contributed by atoms with Crippen LogP contribution in [0.25, 0.3) is 10.9 Å². The molecule has 0 saturated heterocycles. The first kappa shape index (κ1) is 15.6. The average molecular weight is 296 g/mol. The topological polar surface area (TPSA) is 68.2 Å². The summed E-state index contributed by atoms with van der Waals surface area (Å²) >= 11 is 0. The quantitative estimate of drug-likeness (QED) is 0.668. The molecule has 0 spiro atoms. The number of aryl methyl sites for hydroxylation is 1. The van der Waals surface area contributed by atoms with Crippen molar-refractivity contribution < 1.29 is 9.90 Å². The van der Waals surface area contributed by atoms with Crippen molar-refractivity contribution >= 4 is 22.5 Å². The minimum Gasteiger partial charge on any atom is -0.507 e. The fraction of sp³-hybridized carbons (Fsp3) is 0.167. The number of nitrogen functional groups attached to an aromatic ring is 1. The summed E-state index contributed by atoms with van der Waals surface area (Å²) in [6.07, 6.45) is 1.76. The van der Waals surface area contributed by atoms with Crippen molar-refractivity contribution in [2.24, 2.45) is 0 Å². The highest BCUT2D eigenvalue weighted by atomic mass is 16.3. The van der Waals surface area contributed by atoms with Crippen molar-refractivity contribution in [1.29, 1.82) is 0 Å². The summed E-state index contributed by atoms with van der Waals surface area (Å²) in [6, 6.07) is 11.9. The Balaban J connectivity index is 0.000000847. The lowest BCUT2D eigenvalue weighted by Gasteiger charge is -2.06. The summed E-state index contributed by atoms with van der Waals surface area (Å²) in [7, 11) is 0. The minimum atomic E-state index is -0.258. The van der Waals surface area contributed by atoms with E-state index < -0.39 is 0 Å². The van der Waals surface area contributed by atoms with Crippen LogP contribution in [0.15, 0.2) is 48.7 Å². The van der Waals surface area contributed by atoms with Crippen LogP contribution in [0.1, 0.15) is 29.8 Å². The van der Waals surface area contributed by atoms with Crippen LogP contribution in [0.5, 0.6) is 5.75 Å². The van der Waals surface area contributed by atoms with E-state index in [4.69, 9.17) is 5.73 Å². The van der Waals surface area contributed by atoms with E-state index in [-0.39, 0.29) is 17.2 Å². The Labute approximate surface area is 129 Å². The average Bonchev–Trinajstić information content (AvgIpc) is 2.86. The number of rotatable bonds is 1. The first-order valence-corrected chi connectivity index (χ1v) is 7.28. The molecule has 3 aromatic rings. The number of phenols is 1. The highest BCUT2D eigenvalue weighted by Gasteiger charge is 2.16. The fourth-order valence-corrected chi connectivity index (χ4v) is 2.36. The highest BCUT2D eigenvalue weighted by molar-refractivity contribution is 6.04. The third kappa shape index (κ3) is 2.68. The summed E-state index contributed by atoms with van der Waals surface area (Å²) < 4.78 is 1.54. The zero-order valence-corrected chi connectivity index (χ0v) is 13.0. The van der Waals surface area contributed by atoms with E-state index in [9.17, 15) is 9.90 Å². The van der Waals surface area contributed by atoms with Crippen LogP contribution in [0.4, 0.5) is 5.69 Å². The maximum Gasteiger partial charge on any atom is 0.266 e. The van der Waals surface area contributed by atoms with Gasteiger partial charge in [0.25, 0.3) is 5.91 Å². The fourth-order valence-electron chi connectivity index (χ4n) is 2.36. The second kappa shape index (κ2) is 6.35. The number of phenolic OH excluding ortho intramolecular Hbond substituents is 1. The van der Waals surface area contributed by atoms with Crippen molar-refractivity contribution in [2.75, 3.05) is 5.73 Å². The number of hydrogen-bond acceptors (Lipinski definition) is 3. The summed E-state index contributed by atoms with van der Waals surface area (Å²) in [5, 5.41) is 10.7. The van der Waals surface area contributed by atoms with E-state index >= 15 is 0 Å². The monoisotopic (exact) mass is 296 g/mol. The van der Waals surface area contributed by atoms with E-state index in [1.165, 1.54) is 6.07 Å². The van der Waals surface area contributed by atoms with Crippen LogP contribution in [0, 0.1) is 6.92 Å². The number of aromatic hydroxyl groups is 1. The van der Waals surface area contributed by atoms with Gasteiger partial charge in [-0.2, -0.15) is 0 Å². The van der Waals surface area contributed by atoms with E-state index in [1.807, 2.05) is 32.9 Å². The molecule has 0 radical (unpaired) electrons.